The van der Waals surface area contributed by atoms with Crippen LogP contribution in [0.5, 0.6) is 11.5 Å². The van der Waals surface area contributed by atoms with Crippen molar-refractivity contribution in [3.8, 4) is 11.5 Å². The Morgan fingerprint density at radius 3 is 2.29 bits per heavy atom. The summed E-state index contributed by atoms with van der Waals surface area (Å²) in [5, 5.41) is 18.8. The highest BCUT2D eigenvalue weighted by atomic mass is 16.3. The Labute approximate surface area is 124 Å². The summed E-state index contributed by atoms with van der Waals surface area (Å²) in [5.41, 5.74) is 4.64. The fourth-order valence-electron chi connectivity index (χ4n) is 2.76. The Bertz CT molecular complexity index is 709. The Kier molecular flexibility index (Phi) is 3.53. The fraction of sp³-hybridized carbons (Fsp3) is 0.158. The van der Waals surface area contributed by atoms with Crippen molar-refractivity contribution >= 4 is 5.57 Å². The van der Waals surface area contributed by atoms with Crippen molar-refractivity contribution in [3.63, 3.8) is 0 Å². The van der Waals surface area contributed by atoms with Crippen LogP contribution < -0.4 is 0 Å². The summed E-state index contributed by atoms with van der Waals surface area (Å²) in [5.74, 6) is 0.958. The predicted molar refractivity (Wildman–Crippen MR) is 85.4 cm³/mol. The highest BCUT2D eigenvalue weighted by Crippen LogP contribution is 2.32. The zero-order valence-electron chi connectivity index (χ0n) is 12.0. The normalized spacial score (nSPS) is 17.6. The second kappa shape index (κ2) is 5.49. The highest BCUT2D eigenvalue weighted by molar-refractivity contribution is 5.77. The molecule has 0 spiro atoms. The van der Waals surface area contributed by atoms with Gasteiger partial charge in [-0.25, -0.2) is 0 Å². The van der Waals surface area contributed by atoms with Gasteiger partial charge in [0.05, 0.1) is 0 Å². The van der Waals surface area contributed by atoms with Crippen molar-refractivity contribution in [3.05, 3.63) is 77.4 Å². The first-order valence-electron chi connectivity index (χ1n) is 7.11. The molecule has 0 aliphatic heterocycles. The molecule has 2 aromatic carbocycles. The van der Waals surface area contributed by atoms with Crippen molar-refractivity contribution in [2.45, 2.75) is 19.3 Å². The molecule has 1 aliphatic carbocycles. The van der Waals surface area contributed by atoms with Crippen LogP contribution >= 0.6 is 0 Å². The Morgan fingerprint density at radius 2 is 1.67 bits per heavy atom. The van der Waals surface area contributed by atoms with Crippen LogP contribution in [0, 0.1) is 6.92 Å². The van der Waals surface area contributed by atoms with Gasteiger partial charge in [0.1, 0.15) is 11.5 Å². The van der Waals surface area contributed by atoms with Gasteiger partial charge in [-0.15, -0.1) is 0 Å². The van der Waals surface area contributed by atoms with E-state index in [4.69, 9.17) is 0 Å². The number of phenols is 2. The van der Waals surface area contributed by atoms with Crippen LogP contribution in [-0.2, 0) is 0 Å². The minimum absolute atomic E-state index is 0.300. The molecule has 2 nitrogen and oxygen atoms in total. The molecule has 3 rings (SSSR count). The largest absolute Gasteiger partial charge is 0.508 e. The summed E-state index contributed by atoms with van der Waals surface area (Å²) < 4.78 is 0. The predicted octanol–water partition coefficient (Wildman–Crippen LogP) is 4.53. The molecule has 0 saturated carbocycles. The zero-order valence-corrected chi connectivity index (χ0v) is 12.0. The van der Waals surface area contributed by atoms with E-state index in [1.54, 1.807) is 24.3 Å². The van der Waals surface area contributed by atoms with Gasteiger partial charge in [-0.05, 0) is 59.9 Å². The van der Waals surface area contributed by atoms with Gasteiger partial charge in [0.15, 0.2) is 0 Å². The van der Waals surface area contributed by atoms with Gasteiger partial charge in [0, 0.05) is 5.92 Å². The first kappa shape index (κ1) is 13.5. The van der Waals surface area contributed by atoms with Crippen LogP contribution in [-0.4, -0.2) is 10.2 Å². The standard InChI is InChI=1S/C19H18O2/c1-13-12-18(21)10-11-19(13)16-4-2-14(3-5-16)15-6-8-17(20)9-7-15/h2,4-12,14,20-21H,3H2,1H3. The summed E-state index contributed by atoms with van der Waals surface area (Å²) in [6.45, 7) is 2.01. The second-order valence-electron chi connectivity index (χ2n) is 5.45. The molecule has 0 fully saturated rings. The molecule has 1 aliphatic rings. The van der Waals surface area contributed by atoms with E-state index in [2.05, 4.69) is 18.2 Å². The smallest absolute Gasteiger partial charge is 0.115 e. The number of allylic oxidation sites excluding steroid dienone is 4. The van der Waals surface area contributed by atoms with Crippen LogP contribution in [0.1, 0.15) is 29.0 Å². The van der Waals surface area contributed by atoms with Gasteiger partial charge in [-0.3, -0.25) is 0 Å². The summed E-state index contributed by atoms with van der Waals surface area (Å²) in [7, 11) is 0. The van der Waals surface area contributed by atoms with E-state index in [0.29, 0.717) is 17.4 Å². The number of aromatic hydroxyl groups is 2. The maximum atomic E-state index is 9.49. The maximum absolute atomic E-state index is 9.49. The Morgan fingerprint density at radius 1 is 0.952 bits per heavy atom. The van der Waals surface area contributed by atoms with Gasteiger partial charge in [0.2, 0.25) is 0 Å². The molecule has 1 unspecified atom stereocenters. The maximum Gasteiger partial charge on any atom is 0.115 e. The SMILES string of the molecule is Cc1cc(O)ccc1C1=CCC(c2ccc(O)cc2)C=C1. The van der Waals surface area contributed by atoms with E-state index < -0.39 is 0 Å². The second-order valence-corrected chi connectivity index (χ2v) is 5.45. The molecule has 2 heteroatoms. The van der Waals surface area contributed by atoms with E-state index in [9.17, 15) is 10.2 Å². The number of hydrogen-bond donors (Lipinski definition) is 2. The van der Waals surface area contributed by atoms with Crippen LogP contribution in [0.4, 0.5) is 0 Å². The van der Waals surface area contributed by atoms with Gasteiger partial charge >= 0.3 is 0 Å². The monoisotopic (exact) mass is 278 g/mol. The Balaban J connectivity index is 1.81. The molecule has 0 amide bonds. The lowest BCUT2D eigenvalue weighted by Crippen LogP contribution is -1.99. The minimum Gasteiger partial charge on any atom is -0.508 e. The van der Waals surface area contributed by atoms with Crippen molar-refractivity contribution < 1.29 is 10.2 Å². The van der Waals surface area contributed by atoms with Crippen LogP contribution in [0.15, 0.2) is 60.7 Å². The summed E-state index contributed by atoms with van der Waals surface area (Å²) in [6, 6.07) is 12.9. The fourth-order valence-corrected chi connectivity index (χ4v) is 2.76. The number of aryl methyl sites for hydroxylation is 1. The molecule has 0 heterocycles. The molecule has 0 radical (unpaired) electrons. The van der Waals surface area contributed by atoms with Crippen LogP contribution in [0.3, 0.4) is 0 Å². The molecule has 0 saturated heterocycles. The third-order valence-corrected chi connectivity index (χ3v) is 3.94. The molecule has 106 valence electrons. The van der Waals surface area contributed by atoms with Crippen molar-refractivity contribution in [2.24, 2.45) is 0 Å². The van der Waals surface area contributed by atoms with E-state index in [-0.39, 0.29) is 0 Å². The summed E-state index contributed by atoms with van der Waals surface area (Å²) >= 11 is 0. The quantitative estimate of drug-likeness (QED) is 0.847. The molecule has 2 aromatic rings. The van der Waals surface area contributed by atoms with Gasteiger partial charge < -0.3 is 10.2 Å². The molecule has 2 N–H and O–H groups in total. The summed E-state index contributed by atoms with van der Waals surface area (Å²) in [6.07, 6.45) is 7.52. The van der Waals surface area contributed by atoms with Crippen molar-refractivity contribution in [2.75, 3.05) is 0 Å². The molecule has 21 heavy (non-hydrogen) atoms. The average Bonchev–Trinajstić information content (AvgIpc) is 2.48. The minimum atomic E-state index is 0.300. The van der Waals surface area contributed by atoms with Crippen LogP contribution in [0.25, 0.3) is 5.57 Å². The number of phenolic OH excluding ortho intramolecular Hbond substituents is 2. The molecule has 0 aromatic heterocycles. The number of rotatable bonds is 2. The number of hydrogen-bond acceptors (Lipinski definition) is 2. The van der Waals surface area contributed by atoms with Gasteiger partial charge in [-0.1, -0.05) is 36.4 Å². The zero-order chi connectivity index (χ0) is 14.8. The molecule has 0 bridgehead atoms. The third-order valence-electron chi connectivity index (χ3n) is 3.94. The van der Waals surface area contributed by atoms with E-state index in [1.807, 2.05) is 25.1 Å². The van der Waals surface area contributed by atoms with Crippen molar-refractivity contribution in [1.29, 1.82) is 0 Å². The lowest BCUT2D eigenvalue weighted by Gasteiger charge is -2.18. The topological polar surface area (TPSA) is 40.5 Å². The summed E-state index contributed by atoms with van der Waals surface area (Å²) in [4.78, 5) is 0. The molecule has 1 atom stereocenters. The Hall–Kier alpha value is -2.48. The average molecular weight is 278 g/mol. The highest BCUT2D eigenvalue weighted by Gasteiger charge is 2.13. The van der Waals surface area contributed by atoms with E-state index in [0.717, 1.165) is 17.5 Å². The lowest BCUT2D eigenvalue weighted by molar-refractivity contribution is 0.474. The lowest BCUT2D eigenvalue weighted by atomic mass is 9.87. The first-order valence-corrected chi connectivity index (χ1v) is 7.11. The first-order chi connectivity index (χ1) is 10.1. The van der Waals surface area contributed by atoms with Gasteiger partial charge in [0.25, 0.3) is 0 Å². The van der Waals surface area contributed by atoms with Crippen LogP contribution in [0.2, 0.25) is 0 Å². The molecular weight excluding hydrogens is 260 g/mol. The van der Waals surface area contributed by atoms with E-state index in [1.165, 1.54) is 11.1 Å². The van der Waals surface area contributed by atoms with Gasteiger partial charge in [-0.2, -0.15) is 0 Å². The molecular formula is C19H18O2. The van der Waals surface area contributed by atoms with Crippen molar-refractivity contribution in [1.82, 2.24) is 0 Å². The van der Waals surface area contributed by atoms with E-state index >= 15 is 0 Å². The third kappa shape index (κ3) is 2.84. The number of benzene rings is 2.